The van der Waals surface area contributed by atoms with Crippen LogP contribution in [0, 0.1) is 28.6 Å². The van der Waals surface area contributed by atoms with E-state index in [0.29, 0.717) is 30.7 Å². The summed E-state index contributed by atoms with van der Waals surface area (Å²) in [5.74, 6) is -2.09. The minimum absolute atomic E-state index is 0.00152. The number of aliphatic hydroxyl groups excluding tert-OH is 2. The molecule has 14 heteroatoms. The smallest absolute Gasteiger partial charge is 0.408 e. The predicted octanol–water partition coefficient (Wildman–Crippen LogP) is 2.38. The molecule has 240 valence electrons. The fraction of sp³-hybridized carbons (Fsp3) is 0.667. The van der Waals surface area contributed by atoms with Crippen LogP contribution in [0.4, 0.5) is 10.6 Å². The lowest BCUT2D eigenvalue weighted by atomic mass is 9.53. The van der Waals surface area contributed by atoms with Crippen LogP contribution < -0.4 is 10.6 Å². The van der Waals surface area contributed by atoms with Gasteiger partial charge in [0.2, 0.25) is 5.91 Å². The number of aliphatic hydroxyl groups is 2. The molecule has 0 aromatic carbocycles. The van der Waals surface area contributed by atoms with Gasteiger partial charge >= 0.3 is 12.1 Å². The molecule has 0 spiro atoms. The molecule has 5 N–H and O–H groups in total. The summed E-state index contributed by atoms with van der Waals surface area (Å²) in [5, 5.41) is 51.6. The third kappa shape index (κ3) is 6.50. The van der Waals surface area contributed by atoms with Crippen molar-refractivity contribution in [2.45, 2.75) is 96.0 Å². The van der Waals surface area contributed by atoms with Gasteiger partial charge in [-0.25, -0.2) is 14.3 Å². The molecule has 2 aromatic rings. The average molecular weight is 615 g/mol. The number of carboxylic acid groups (broad SMARTS) is 1. The lowest BCUT2D eigenvalue weighted by molar-refractivity contribution is -0.145. The lowest BCUT2D eigenvalue weighted by Gasteiger charge is -2.50. The Balaban J connectivity index is 1.70. The normalized spacial score (nSPS) is 27.9. The van der Waals surface area contributed by atoms with Gasteiger partial charge in [-0.15, -0.1) is 0 Å². The van der Waals surface area contributed by atoms with E-state index in [-0.39, 0.29) is 43.5 Å². The number of carbonyl (C=O) groups excluding carboxylic acids is 2. The summed E-state index contributed by atoms with van der Waals surface area (Å²) in [4.78, 5) is 42.1. The number of amides is 2. The summed E-state index contributed by atoms with van der Waals surface area (Å²) in [5.41, 5.74) is -2.59. The molecule has 44 heavy (non-hydrogen) atoms. The molecule has 14 nitrogen and oxygen atoms in total. The largest absolute Gasteiger partial charge is 0.481 e. The van der Waals surface area contributed by atoms with E-state index in [1.165, 1.54) is 10.8 Å². The summed E-state index contributed by atoms with van der Waals surface area (Å²) >= 11 is 0. The van der Waals surface area contributed by atoms with Crippen LogP contribution in [0.25, 0.3) is 5.52 Å². The summed E-state index contributed by atoms with van der Waals surface area (Å²) < 4.78 is 12.4. The summed E-state index contributed by atoms with van der Waals surface area (Å²) in [7, 11) is 0. The minimum Gasteiger partial charge on any atom is -0.481 e. The molecule has 0 radical (unpaired) electrons. The number of fused-ring (bicyclic) bond motifs is 1. The zero-order valence-corrected chi connectivity index (χ0v) is 25.7. The number of ether oxygens (including phenoxy) is 2. The number of carbonyl (C=O) groups is 3. The third-order valence-electron chi connectivity index (χ3n) is 8.77. The second-order valence-corrected chi connectivity index (χ2v) is 13.2. The van der Waals surface area contributed by atoms with Crippen LogP contribution in [0.1, 0.15) is 72.4 Å². The van der Waals surface area contributed by atoms with Crippen molar-refractivity contribution in [3.63, 3.8) is 0 Å². The van der Waals surface area contributed by atoms with Crippen molar-refractivity contribution in [3.8, 4) is 6.07 Å². The van der Waals surface area contributed by atoms with Gasteiger partial charge in [0, 0.05) is 6.61 Å². The molecule has 2 aromatic heterocycles. The van der Waals surface area contributed by atoms with Crippen molar-refractivity contribution < 1.29 is 39.2 Å². The summed E-state index contributed by atoms with van der Waals surface area (Å²) in [6.45, 7) is 8.78. The molecule has 4 unspecified atom stereocenters. The van der Waals surface area contributed by atoms with Crippen LogP contribution in [0.5, 0.6) is 0 Å². The molecular formula is C30H42N6O8. The number of hydrogen-bond acceptors (Lipinski definition) is 10. The van der Waals surface area contributed by atoms with Crippen LogP contribution in [0.2, 0.25) is 0 Å². The SMILES string of the molecule is CC(C)C(NC(=O)OC(C)(C)C)C(=O)Nc1ncnn2c([C@@]3(C#N)CC(CC(=O)O)(C4CCOC4CO)CC[C@H]3O)ccc12. The first kappa shape index (κ1) is 33.1. The summed E-state index contributed by atoms with van der Waals surface area (Å²) in [6.07, 6.45) is -0.481. The average Bonchev–Trinajstić information content (AvgIpc) is 3.60. The molecule has 3 heterocycles. The fourth-order valence-corrected chi connectivity index (χ4v) is 6.82. The Bertz CT molecular complexity index is 1430. The first-order valence-corrected chi connectivity index (χ1v) is 14.8. The van der Waals surface area contributed by atoms with Crippen molar-refractivity contribution >= 4 is 29.3 Å². The van der Waals surface area contributed by atoms with E-state index in [4.69, 9.17) is 9.47 Å². The molecule has 0 bridgehead atoms. The minimum atomic E-state index is -1.56. The van der Waals surface area contributed by atoms with Gasteiger partial charge < -0.3 is 35.4 Å². The maximum absolute atomic E-state index is 13.3. The number of aliphatic carboxylic acids is 1. The molecule has 4 rings (SSSR count). The van der Waals surface area contributed by atoms with Crippen molar-refractivity contribution in [1.82, 2.24) is 19.9 Å². The highest BCUT2D eigenvalue weighted by Crippen LogP contribution is 2.56. The Kier molecular flexibility index (Phi) is 9.53. The van der Waals surface area contributed by atoms with Gasteiger partial charge in [-0.3, -0.25) is 9.59 Å². The Labute approximate surface area is 255 Å². The number of rotatable bonds is 9. The Morgan fingerprint density at radius 2 is 2.00 bits per heavy atom. The van der Waals surface area contributed by atoms with Gasteiger partial charge in [0.25, 0.3) is 0 Å². The van der Waals surface area contributed by atoms with E-state index in [0.717, 1.165) is 0 Å². The molecule has 2 fully saturated rings. The number of nitrogens with one attached hydrogen (secondary N) is 2. The summed E-state index contributed by atoms with van der Waals surface area (Å²) in [6, 6.07) is 4.59. The lowest BCUT2D eigenvalue weighted by Crippen LogP contribution is -2.53. The molecule has 1 saturated heterocycles. The third-order valence-corrected chi connectivity index (χ3v) is 8.77. The van der Waals surface area contributed by atoms with E-state index in [2.05, 4.69) is 26.8 Å². The monoisotopic (exact) mass is 614 g/mol. The standard InChI is InChI=1S/C30H42N6O8/c1-17(2)24(34-27(42)44-28(3,4)5)26(41)35-25-19-6-7-21(36(19)33-16-32-25)30(15-31)14-29(12-23(39)40,10-8-22(30)38)18-9-11-43-20(18)13-37/h6-7,16-18,20,22,24,37-38H,8-14H2,1-5H3,(H,34,42)(H,39,40)(H,32,33,35,41)/t18?,20?,22-,24?,29?,30+/m1/s1. The van der Waals surface area contributed by atoms with Crippen LogP contribution in [-0.2, 0) is 24.5 Å². The Morgan fingerprint density at radius 3 is 2.61 bits per heavy atom. The Hall–Kier alpha value is -3.80. The first-order chi connectivity index (χ1) is 20.7. The predicted molar refractivity (Wildman–Crippen MR) is 156 cm³/mol. The quantitative estimate of drug-likeness (QED) is 0.277. The molecule has 1 aliphatic heterocycles. The highest BCUT2D eigenvalue weighted by Gasteiger charge is 2.58. The van der Waals surface area contributed by atoms with Gasteiger partial charge in [-0.2, -0.15) is 10.4 Å². The van der Waals surface area contributed by atoms with Crippen LogP contribution >= 0.6 is 0 Å². The molecule has 2 aliphatic rings. The van der Waals surface area contributed by atoms with E-state index in [9.17, 15) is 35.0 Å². The van der Waals surface area contributed by atoms with Crippen molar-refractivity contribution in [1.29, 1.82) is 5.26 Å². The van der Waals surface area contributed by atoms with Gasteiger partial charge in [-0.1, -0.05) is 13.8 Å². The van der Waals surface area contributed by atoms with Gasteiger partial charge in [0.1, 0.15) is 28.9 Å². The number of hydrogen-bond donors (Lipinski definition) is 5. The van der Waals surface area contributed by atoms with E-state index in [1.54, 1.807) is 46.8 Å². The second kappa shape index (κ2) is 12.7. The van der Waals surface area contributed by atoms with Gasteiger partial charge in [0.15, 0.2) is 5.82 Å². The van der Waals surface area contributed by atoms with E-state index < -0.39 is 52.7 Å². The Morgan fingerprint density at radius 1 is 1.27 bits per heavy atom. The molecule has 6 atom stereocenters. The second-order valence-electron chi connectivity index (χ2n) is 13.2. The highest BCUT2D eigenvalue weighted by molar-refractivity contribution is 5.98. The molecule has 1 saturated carbocycles. The molecule has 1 aliphatic carbocycles. The number of nitrogens with zero attached hydrogens (tertiary/aromatic N) is 4. The van der Waals surface area contributed by atoms with Crippen LogP contribution in [-0.4, -0.2) is 85.0 Å². The number of nitriles is 1. The van der Waals surface area contributed by atoms with Crippen LogP contribution in [0.3, 0.4) is 0 Å². The van der Waals surface area contributed by atoms with E-state index >= 15 is 0 Å². The zero-order valence-electron chi connectivity index (χ0n) is 25.7. The molecule has 2 amide bonds. The molecular weight excluding hydrogens is 572 g/mol. The topological polar surface area (TPSA) is 208 Å². The highest BCUT2D eigenvalue weighted by atomic mass is 16.6. The number of carboxylic acids is 1. The van der Waals surface area contributed by atoms with Crippen molar-refractivity contribution in [2.75, 3.05) is 18.5 Å². The number of alkyl carbamates (subject to hydrolysis) is 1. The zero-order chi connectivity index (χ0) is 32.4. The van der Waals surface area contributed by atoms with E-state index in [1.807, 2.05) is 0 Å². The van der Waals surface area contributed by atoms with Gasteiger partial charge in [-0.05, 0) is 75.8 Å². The first-order valence-electron chi connectivity index (χ1n) is 14.8. The number of aromatic nitrogens is 3. The number of anilines is 1. The fourth-order valence-electron chi connectivity index (χ4n) is 6.82. The maximum atomic E-state index is 13.3. The van der Waals surface area contributed by atoms with Crippen molar-refractivity contribution in [2.24, 2.45) is 17.3 Å². The maximum Gasteiger partial charge on any atom is 0.408 e. The van der Waals surface area contributed by atoms with Gasteiger partial charge in [0.05, 0.1) is 37.0 Å². The van der Waals surface area contributed by atoms with Crippen LogP contribution in [0.15, 0.2) is 18.5 Å². The van der Waals surface area contributed by atoms with Crippen molar-refractivity contribution in [3.05, 3.63) is 24.2 Å².